The van der Waals surface area contributed by atoms with Gasteiger partial charge in [-0.2, -0.15) is 4.31 Å². The van der Waals surface area contributed by atoms with Gasteiger partial charge >= 0.3 is 0 Å². The topological polar surface area (TPSA) is 66.5 Å². The van der Waals surface area contributed by atoms with Gasteiger partial charge in [0.25, 0.3) is 0 Å². The van der Waals surface area contributed by atoms with Gasteiger partial charge < -0.3 is 5.32 Å². The minimum Gasteiger partial charge on any atom is -0.349 e. The summed E-state index contributed by atoms with van der Waals surface area (Å²) >= 11 is 0. The molecule has 1 saturated heterocycles. The molecule has 1 fully saturated rings. The highest BCUT2D eigenvalue weighted by Gasteiger charge is 2.32. The average Bonchev–Trinajstić information content (AvgIpc) is 2.73. The molecule has 0 aromatic heterocycles. The number of aryl methyl sites for hydroxylation is 2. The molecule has 1 N–H and O–H groups in total. The van der Waals surface area contributed by atoms with E-state index < -0.39 is 10.0 Å². The number of hydrogen-bond donors (Lipinski definition) is 1. The lowest BCUT2D eigenvalue weighted by Gasteiger charge is -2.31. The predicted octanol–water partition coefficient (Wildman–Crippen LogP) is 3.97. The maximum atomic E-state index is 12.9. The molecule has 29 heavy (non-hydrogen) atoms. The van der Waals surface area contributed by atoms with Gasteiger partial charge in [-0.05, 0) is 56.4 Å². The molecule has 6 heteroatoms. The lowest BCUT2D eigenvalue weighted by molar-refractivity contribution is -0.126. The van der Waals surface area contributed by atoms with Crippen LogP contribution in [0.4, 0.5) is 0 Å². The first-order valence-electron chi connectivity index (χ1n) is 10.3. The first-order chi connectivity index (χ1) is 13.8. The molecule has 1 amide bonds. The molecular formula is C23H30N2O3S. The number of piperidine rings is 1. The highest BCUT2D eigenvalue weighted by atomic mass is 32.2. The van der Waals surface area contributed by atoms with Gasteiger partial charge in [0.2, 0.25) is 15.9 Å². The van der Waals surface area contributed by atoms with Crippen molar-refractivity contribution in [1.29, 1.82) is 0 Å². The minimum absolute atomic E-state index is 0.0193. The van der Waals surface area contributed by atoms with Gasteiger partial charge in [-0.1, -0.05) is 48.9 Å². The van der Waals surface area contributed by atoms with Crippen LogP contribution in [0.1, 0.15) is 48.9 Å². The summed E-state index contributed by atoms with van der Waals surface area (Å²) in [6.07, 6.45) is 1.90. The maximum Gasteiger partial charge on any atom is 0.243 e. The molecule has 0 radical (unpaired) electrons. The maximum absolute atomic E-state index is 12.9. The third-order valence-corrected chi connectivity index (χ3v) is 7.64. The molecule has 1 aliphatic rings. The summed E-state index contributed by atoms with van der Waals surface area (Å²) in [5, 5.41) is 3.19. The van der Waals surface area contributed by atoms with Crippen molar-refractivity contribution in [2.75, 3.05) is 13.1 Å². The highest BCUT2D eigenvalue weighted by molar-refractivity contribution is 7.89. The lowest BCUT2D eigenvalue weighted by atomic mass is 9.94. The SMILES string of the molecule is CC[C@@H](NC(=O)C1CCN(S(=O)(=O)c2ccccc2)CC1)c1ccc(C)cc1C. The fourth-order valence-electron chi connectivity index (χ4n) is 4.01. The van der Waals surface area contributed by atoms with Crippen molar-refractivity contribution in [3.05, 3.63) is 65.2 Å². The molecule has 1 aliphatic heterocycles. The Hall–Kier alpha value is -2.18. The van der Waals surface area contributed by atoms with Gasteiger partial charge in [-0.3, -0.25) is 4.79 Å². The zero-order valence-electron chi connectivity index (χ0n) is 17.4. The minimum atomic E-state index is -3.49. The van der Waals surface area contributed by atoms with Crippen LogP contribution in [0, 0.1) is 19.8 Å². The summed E-state index contributed by atoms with van der Waals surface area (Å²) in [5.74, 6) is -0.134. The number of sulfonamides is 1. The summed E-state index contributed by atoms with van der Waals surface area (Å²) in [4.78, 5) is 13.2. The van der Waals surface area contributed by atoms with E-state index in [0.717, 1.165) is 12.0 Å². The van der Waals surface area contributed by atoms with Crippen molar-refractivity contribution in [2.24, 2.45) is 5.92 Å². The van der Waals surface area contributed by atoms with Crippen molar-refractivity contribution in [1.82, 2.24) is 9.62 Å². The molecule has 0 unspecified atom stereocenters. The highest BCUT2D eigenvalue weighted by Crippen LogP contribution is 2.26. The molecule has 5 nitrogen and oxygen atoms in total. The quantitative estimate of drug-likeness (QED) is 0.778. The molecule has 1 atom stereocenters. The first-order valence-corrected chi connectivity index (χ1v) is 11.7. The van der Waals surface area contributed by atoms with Gasteiger partial charge in [0, 0.05) is 19.0 Å². The fourth-order valence-corrected chi connectivity index (χ4v) is 5.50. The van der Waals surface area contributed by atoms with E-state index in [1.54, 1.807) is 30.3 Å². The van der Waals surface area contributed by atoms with Gasteiger partial charge in [-0.25, -0.2) is 8.42 Å². The van der Waals surface area contributed by atoms with Crippen molar-refractivity contribution in [3.8, 4) is 0 Å². The number of amides is 1. The molecule has 2 aromatic carbocycles. The van der Waals surface area contributed by atoms with Crippen molar-refractivity contribution in [2.45, 2.75) is 51.0 Å². The molecule has 3 rings (SSSR count). The number of carbonyl (C=O) groups excluding carboxylic acids is 1. The molecule has 1 heterocycles. The lowest BCUT2D eigenvalue weighted by Crippen LogP contribution is -2.43. The van der Waals surface area contributed by atoms with Crippen LogP contribution in [0.3, 0.4) is 0 Å². The van der Waals surface area contributed by atoms with Crippen molar-refractivity contribution >= 4 is 15.9 Å². The summed E-state index contributed by atoms with van der Waals surface area (Å²) in [5.41, 5.74) is 3.54. The summed E-state index contributed by atoms with van der Waals surface area (Å²) in [6.45, 7) is 6.95. The summed E-state index contributed by atoms with van der Waals surface area (Å²) < 4.78 is 27.0. The third-order valence-electron chi connectivity index (χ3n) is 5.73. The molecule has 2 aromatic rings. The average molecular weight is 415 g/mol. The van der Waals surface area contributed by atoms with Gasteiger partial charge in [-0.15, -0.1) is 0 Å². The van der Waals surface area contributed by atoms with Gasteiger partial charge in [0.05, 0.1) is 10.9 Å². The molecule has 0 saturated carbocycles. The van der Waals surface area contributed by atoms with Crippen molar-refractivity contribution < 1.29 is 13.2 Å². The predicted molar refractivity (Wildman–Crippen MR) is 115 cm³/mol. The molecule has 0 aliphatic carbocycles. The van der Waals surface area contributed by atoms with E-state index in [9.17, 15) is 13.2 Å². The third kappa shape index (κ3) is 4.87. The summed E-state index contributed by atoms with van der Waals surface area (Å²) in [7, 11) is -3.49. The molecule has 0 bridgehead atoms. The smallest absolute Gasteiger partial charge is 0.243 e. The van der Waals surface area contributed by atoms with E-state index in [4.69, 9.17) is 0 Å². The Balaban J connectivity index is 1.62. The largest absolute Gasteiger partial charge is 0.349 e. The zero-order chi connectivity index (χ0) is 21.0. The molecule has 156 valence electrons. The van der Waals surface area contributed by atoms with Crippen LogP contribution in [0.5, 0.6) is 0 Å². The van der Waals surface area contributed by atoms with Gasteiger partial charge in [0.1, 0.15) is 0 Å². The fraction of sp³-hybridized carbons (Fsp3) is 0.435. The molecule has 0 spiro atoms. The summed E-state index contributed by atoms with van der Waals surface area (Å²) in [6, 6.07) is 14.8. The Labute approximate surface area is 174 Å². The second-order valence-corrected chi connectivity index (χ2v) is 9.76. The Morgan fingerprint density at radius 1 is 1.10 bits per heavy atom. The monoisotopic (exact) mass is 414 g/mol. The van der Waals surface area contributed by atoms with Crippen LogP contribution >= 0.6 is 0 Å². The number of benzene rings is 2. The van der Waals surface area contributed by atoms with Crippen LogP contribution in [0.15, 0.2) is 53.4 Å². The van der Waals surface area contributed by atoms with Gasteiger partial charge in [0.15, 0.2) is 0 Å². The van der Waals surface area contributed by atoms with E-state index in [-0.39, 0.29) is 17.9 Å². The number of rotatable bonds is 6. The van der Waals surface area contributed by atoms with Crippen LogP contribution in [0.2, 0.25) is 0 Å². The van der Waals surface area contributed by atoms with Crippen molar-refractivity contribution in [3.63, 3.8) is 0 Å². The molecular weight excluding hydrogens is 384 g/mol. The Bertz CT molecular complexity index is 949. The number of hydrogen-bond acceptors (Lipinski definition) is 3. The normalized spacial score (nSPS) is 17.1. The van der Waals surface area contributed by atoms with E-state index in [2.05, 4.69) is 44.3 Å². The second-order valence-electron chi connectivity index (χ2n) is 7.82. The zero-order valence-corrected chi connectivity index (χ0v) is 18.2. The van der Waals surface area contributed by atoms with E-state index >= 15 is 0 Å². The van der Waals surface area contributed by atoms with Crippen LogP contribution in [-0.2, 0) is 14.8 Å². The standard InChI is InChI=1S/C23H30N2O3S/c1-4-22(21-11-10-17(2)16-18(21)3)24-23(26)19-12-14-25(15-13-19)29(27,28)20-8-6-5-7-9-20/h5-11,16,19,22H,4,12-15H2,1-3H3,(H,24,26)/t22-/m1/s1. The van der Waals surface area contributed by atoms with E-state index in [1.165, 1.54) is 15.4 Å². The van der Waals surface area contributed by atoms with Crippen LogP contribution in [0.25, 0.3) is 0 Å². The van der Waals surface area contributed by atoms with Crippen LogP contribution in [-0.4, -0.2) is 31.7 Å². The Morgan fingerprint density at radius 3 is 2.34 bits per heavy atom. The van der Waals surface area contributed by atoms with Crippen LogP contribution < -0.4 is 5.32 Å². The number of nitrogens with one attached hydrogen (secondary N) is 1. The number of nitrogens with zero attached hydrogens (tertiary/aromatic N) is 1. The Morgan fingerprint density at radius 2 is 1.76 bits per heavy atom. The second kappa shape index (κ2) is 9.09. The Kier molecular flexibility index (Phi) is 6.75. The first kappa shape index (κ1) is 21.5. The van der Waals surface area contributed by atoms with E-state index in [1.807, 2.05) is 0 Å². The van der Waals surface area contributed by atoms with E-state index in [0.29, 0.717) is 30.8 Å². The number of carbonyl (C=O) groups is 1.